The second kappa shape index (κ2) is 2.83. The minimum Gasteiger partial charge on any atom is -0.502 e. The number of aromatic hydroxyl groups is 1. The van der Waals surface area contributed by atoms with E-state index in [1.807, 2.05) is 0 Å². The van der Waals surface area contributed by atoms with Gasteiger partial charge in [0.25, 0.3) is 0 Å². The third-order valence-corrected chi connectivity index (χ3v) is 2.21. The number of H-pyrrole nitrogens is 1. The molecule has 6 nitrogen and oxygen atoms in total. The summed E-state index contributed by atoms with van der Waals surface area (Å²) in [4.78, 5) is 23.1. The van der Waals surface area contributed by atoms with Crippen LogP contribution in [0.4, 0.5) is 5.69 Å². The number of pyridine rings is 1. The minimum atomic E-state index is -0.884. The van der Waals surface area contributed by atoms with Crippen molar-refractivity contribution in [3.8, 4) is 5.75 Å². The van der Waals surface area contributed by atoms with E-state index in [1.165, 1.54) is 6.07 Å². The summed E-state index contributed by atoms with van der Waals surface area (Å²) in [5, 5.41) is 19.6. The highest BCUT2D eigenvalue weighted by Gasteiger charge is 2.28. The van der Waals surface area contributed by atoms with E-state index in [4.69, 9.17) is 0 Å². The number of aromatic nitrogens is 1. The maximum atomic E-state index is 11.2. The summed E-state index contributed by atoms with van der Waals surface area (Å²) >= 11 is 0. The summed E-state index contributed by atoms with van der Waals surface area (Å²) in [5.41, 5.74) is -1.04. The highest BCUT2D eigenvalue weighted by molar-refractivity contribution is 5.44. The Morgan fingerprint density at radius 2 is 2.21 bits per heavy atom. The Morgan fingerprint density at radius 3 is 2.64 bits per heavy atom. The highest BCUT2D eigenvalue weighted by atomic mass is 16.6. The molecule has 1 aliphatic carbocycles. The Bertz CT molecular complexity index is 447. The van der Waals surface area contributed by atoms with Gasteiger partial charge in [-0.25, -0.2) is 0 Å². The van der Waals surface area contributed by atoms with Gasteiger partial charge in [-0.15, -0.1) is 0 Å². The fourth-order valence-corrected chi connectivity index (χ4v) is 1.35. The molecule has 1 aromatic rings. The van der Waals surface area contributed by atoms with Crippen molar-refractivity contribution in [2.75, 3.05) is 0 Å². The van der Waals surface area contributed by atoms with Gasteiger partial charge in [-0.05, 0) is 18.8 Å². The first-order chi connectivity index (χ1) is 6.59. The van der Waals surface area contributed by atoms with Crippen molar-refractivity contribution in [2.45, 2.75) is 18.8 Å². The van der Waals surface area contributed by atoms with Crippen molar-refractivity contribution in [3.05, 3.63) is 32.2 Å². The number of nitrogens with one attached hydrogen (secondary N) is 1. The zero-order valence-electron chi connectivity index (χ0n) is 7.19. The predicted octanol–water partition coefficient (Wildman–Crippen LogP) is 0.866. The van der Waals surface area contributed by atoms with Gasteiger partial charge in [0.15, 0.2) is 0 Å². The van der Waals surface area contributed by atoms with Crippen LogP contribution in [0.25, 0.3) is 0 Å². The van der Waals surface area contributed by atoms with Crippen LogP contribution >= 0.6 is 0 Å². The second-order valence-corrected chi connectivity index (χ2v) is 3.32. The molecule has 0 bridgehead atoms. The summed E-state index contributed by atoms with van der Waals surface area (Å²) in [6.07, 6.45) is 1.90. The minimum absolute atomic E-state index is 0.245. The molecule has 1 heterocycles. The number of hydrogen-bond donors (Lipinski definition) is 2. The summed E-state index contributed by atoms with van der Waals surface area (Å²) in [6, 6.07) is 1.26. The van der Waals surface area contributed by atoms with Gasteiger partial charge < -0.3 is 10.1 Å². The lowest BCUT2D eigenvalue weighted by Crippen LogP contribution is -2.13. The molecule has 0 atom stereocenters. The van der Waals surface area contributed by atoms with Crippen molar-refractivity contribution >= 4 is 5.69 Å². The molecule has 14 heavy (non-hydrogen) atoms. The van der Waals surface area contributed by atoms with Crippen molar-refractivity contribution in [2.24, 2.45) is 0 Å². The monoisotopic (exact) mass is 196 g/mol. The topological polar surface area (TPSA) is 96.2 Å². The first-order valence-electron chi connectivity index (χ1n) is 4.20. The smallest absolute Gasteiger partial charge is 0.375 e. The van der Waals surface area contributed by atoms with Crippen LogP contribution < -0.4 is 5.56 Å². The molecule has 0 amide bonds. The average Bonchev–Trinajstić information content (AvgIpc) is 2.83. The van der Waals surface area contributed by atoms with E-state index < -0.39 is 21.9 Å². The molecular weight excluding hydrogens is 188 g/mol. The van der Waals surface area contributed by atoms with Crippen LogP contribution in [0.15, 0.2) is 10.9 Å². The van der Waals surface area contributed by atoms with E-state index in [2.05, 4.69) is 4.98 Å². The molecule has 1 aromatic heterocycles. The Labute approximate surface area is 78.3 Å². The first-order valence-corrected chi connectivity index (χ1v) is 4.20. The third-order valence-electron chi connectivity index (χ3n) is 2.21. The molecule has 0 spiro atoms. The Kier molecular flexibility index (Phi) is 1.77. The fourth-order valence-electron chi connectivity index (χ4n) is 1.35. The van der Waals surface area contributed by atoms with E-state index in [9.17, 15) is 20.0 Å². The van der Waals surface area contributed by atoms with Crippen molar-refractivity contribution in [1.82, 2.24) is 4.98 Å². The molecule has 0 aromatic carbocycles. The maximum absolute atomic E-state index is 11.2. The standard InChI is InChI=1S/C8H8N2O4/c11-6-3-5(4-1-2-4)9-8(12)7(6)10(13)14/h3-4H,1-2H2,(H2,9,11,12). The zero-order valence-corrected chi connectivity index (χ0v) is 7.19. The molecule has 1 fully saturated rings. The van der Waals surface area contributed by atoms with Gasteiger partial charge in [0.1, 0.15) is 0 Å². The SMILES string of the molecule is O=c1[nH]c(C2CC2)cc(O)c1[N+](=O)[O-]. The normalized spacial score (nSPS) is 15.4. The Hall–Kier alpha value is -1.85. The Balaban J connectivity index is 2.55. The van der Waals surface area contributed by atoms with Crippen LogP contribution in [0.2, 0.25) is 0 Å². The lowest BCUT2D eigenvalue weighted by atomic mass is 10.2. The molecule has 0 radical (unpaired) electrons. The molecule has 6 heteroatoms. The molecule has 0 unspecified atom stereocenters. The van der Waals surface area contributed by atoms with Gasteiger partial charge in [-0.1, -0.05) is 0 Å². The molecule has 74 valence electrons. The molecule has 2 N–H and O–H groups in total. The molecule has 0 aliphatic heterocycles. The quantitative estimate of drug-likeness (QED) is 0.541. The summed E-state index contributed by atoms with van der Waals surface area (Å²) in [7, 11) is 0. The highest BCUT2D eigenvalue weighted by Crippen LogP contribution is 2.40. The van der Waals surface area contributed by atoms with Crippen LogP contribution in [-0.4, -0.2) is 15.0 Å². The predicted molar refractivity (Wildman–Crippen MR) is 47.4 cm³/mol. The summed E-state index contributed by atoms with van der Waals surface area (Å²) < 4.78 is 0. The van der Waals surface area contributed by atoms with Crippen LogP contribution in [0.5, 0.6) is 5.75 Å². The number of rotatable bonds is 2. The van der Waals surface area contributed by atoms with E-state index in [0.29, 0.717) is 5.69 Å². The zero-order chi connectivity index (χ0) is 10.3. The molecular formula is C8H8N2O4. The van der Waals surface area contributed by atoms with Gasteiger partial charge >= 0.3 is 11.2 Å². The lowest BCUT2D eigenvalue weighted by Gasteiger charge is -1.99. The Morgan fingerprint density at radius 1 is 1.57 bits per heavy atom. The van der Waals surface area contributed by atoms with Crippen LogP contribution in [0.1, 0.15) is 24.5 Å². The van der Waals surface area contributed by atoms with Crippen molar-refractivity contribution in [1.29, 1.82) is 0 Å². The van der Waals surface area contributed by atoms with Gasteiger partial charge in [0, 0.05) is 11.8 Å². The second-order valence-electron chi connectivity index (χ2n) is 3.32. The van der Waals surface area contributed by atoms with Crippen molar-refractivity contribution in [3.63, 3.8) is 0 Å². The number of aromatic amines is 1. The van der Waals surface area contributed by atoms with Crippen LogP contribution in [-0.2, 0) is 0 Å². The molecule has 1 aliphatic rings. The maximum Gasteiger partial charge on any atom is 0.375 e. The third kappa shape index (κ3) is 1.34. The molecule has 2 rings (SSSR count). The van der Waals surface area contributed by atoms with E-state index in [0.717, 1.165) is 12.8 Å². The van der Waals surface area contributed by atoms with Gasteiger partial charge in [0.05, 0.1) is 4.92 Å². The largest absolute Gasteiger partial charge is 0.502 e. The van der Waals surface area contributed by atoms with Crippen LogP contribution in [0, 0.1) is 10.1 Å². The summed E-state index contributed by atoms with van der Waals surface area (Å²) in [5.74, 6) is -0.310. The fraction of sp³-hybridized carbons (Fsp3) is 0.375. The molecule has 1 saturated carbocycles. The van der Waals surface area contributed by atoms with E-state index >= 15 is 0 Å². The number of nitro groups is 1. The summed E-state index contributed by atoms with van der Waals surface area (Å²) in [6.45, 7) is 0. The molecule has 0 saturated heterocycles. The van der Waals surface area contributed by atoms with Gasteiger partial charge in [-0.3, -0.25) is 14.9 Å². The van der Waals surface area contributed by atoms with E-state index in [1.54, 1.807) is 0 Å². The van der Waals surface area contributed by atoms with E-state index in [-0.39, 0.29) is 5.92 Å². The number of hydrogen-bond acceptors (Lipinski definition) is 4. The van der Waals surface area contributed by atoms with Gasteiger partial charge in [-0.2, -0.15) is 0 Å². The first kappa shape index (κ1) is 8.74. The van der Waals surface area contributed by atoms with Crippen LogP contribution in [0.3, 0.4) is 0 Å². The van der Waals surface area contributed by atoms with Crippen molar-refractivity contribution < 1.29 is 10.0 Å². The van der Waals surface area contributed by atoms with Gasteiger partial charge in [0.2, 0.25) is 5.75 Å². The number of nitrogens with zero attached hydrogens (tertiary/aromatic N) is 1. The average molecular weight is 196 g/mol. The lowest BCUT2D eigenvalue weighted by molar-refractivity contribution is -0.387.